The largest absolute Gasteiger partial charge is 0.335 e. The van der Waals surface area contributed by atoms with Crippen LogP contribution in [0.2, 0.25) is 0 Å². The highest BCUT2D eigenvalue weighted by atomic mass is 32.2. The molecule has 2 N–H and O–H groups in total. The van der Waals surface area contributed by atoms with E-state index in [4.69, 9.17) is 0 Å². The van der Waals surface area contributed by atoms with Gasteiger partial charge in [-0.25, -0.2) is 4.79 Å². The highest BCUT2D eigenvalue weighted by Gasteiger charge is 2.16. The standard InChI is InChI=1S/C18H28N2OS/c1-4-14(3)22-16-10-11-17(13(2)12-16)20-18(21)19-15-8-6-5-7-9-15/h10-12,14-15H,4-9H2,1-3H3,(H2,19,20,21). The summed E-state index contributed by atoms with van der Waals surface area (Å²) < 4.78 is 0. The summed E-state index contributed by atoms with van der Waals surface area (Å²) in [7, 11) is 0. The lowest BCUT2D eigenvalue weighted by Gasteiger charge is -2.23. The fraction of sp³-hybridized carbons (Fsp3) is 0.611. The van der Waals surface area contributed by atoms with Crippen molar-refractivity contribution >= 4 is 23.5 Å². The Kier molecular flexibility index (Phi) is 6.62. The van der Waals surface area contributed by atoms with Gasteiger partial charge in [-0.1, -0.05) is 33.1 Å². The molecule has 22 heavy (non-hydrogen) atoms. The van der Waals surface area contributed by atoms with Gasteiger partial charge in [0.1, 0.15) is 0 Å². The molecular formula is C18H28N2OS. The number of rotatable bonds is 5. The maximum Gasteiger partial charge on any atom is 0.319 e. The van der Waals surface area contributed by atoms with Crippen LogP contribution < -0.4 is 10.6 Å². The van der Waals surface area contributed by atoms with Crippen LogP contribution >= 0.6 is 11.8 Å². The van der Waals surface area contributed by atoms with Gasteiger partial charge in [-0.3, -0.25) is 0 Å². The molecule has 3 nitrogen and oxygen atoms in total. The molecule has 0 saturated heterocycles. The number of thioether (sulfide) groups is 1. The Bertz CT molecular complexity index is 498. The number of hydrogen-bond acceptors (Lipinski definition) is 2. The van der Waals surface area contributed by atoms with Gasteiger partial charge in [0.05, 0.1) is 0 Å². The summed E-state index contributed by atoms with van der Waals surface area (Å²) in [5.74, 6) is 0. The Morgan fingerprint density at radius 2 is 2.05 bits per heavy atom. The molecule has 0 aromatic heterocycles. The molecule has 1 aliphatic rings. The molecule has 0 heterocycles. The number of urea groups is 1. The first-order chi connectivity index (χ1) is 10.6. The molecule has 1 atom stereocenters. The molecular weight excluding hydrogens is 292 g/mol. The van der Waals surface area contributed by atoms with Crippen molar-refractivity contribution in [3.63, 3.8) is 0 Å². The zero-order valence-electron chi connectivity index (χ0n) is 13.9. The maximum absolute atomic E-state index is 12.1. The zero-order chi connectivity index (χ0) is 15.9. The van der Waals surface area contributed by atoms with Crippen molar-refractivity contribution in [2.45, 2.75) is 75.5 Å². The zero-order valence-corrected chi connectivity index (χ0v) is 14.8. The van der Waals surface area contributed by atoms with Crippen LogP contribution in [0.4, 0.5) is 10.5 Å². The van der Waals surface area contributed by atoms with Crippen molar-refractivity contribution in [1.82, 2.24) is 5.32 Å². The highest BCUT2D eigenvalue weighted by molar-refractivity contribution is 7.99. The van der Waals surface area contributed by atoms with E-state index in [-0.39, 0.29) is 6.03 Å². The van der Waals surface area contributed by atoms with Crippen LogP contribution in [0.5, 0.6) is 0 Å². The van der Waals surface area contributed by atoms with Gasteiger partial charge in [0.2, 0.25) is 0 Å². The molecule has 0 radical (unpaired) electrons. The van der Waals surface area contributed by atoms with Gasteiger partial charge in [0.25, 0.3) is 0 Å². The van der Waals surface area contributed by atoms with Crippen molar-refractivity contribution in [2.75, 3.05) is 5.32 Å². The van der Waals surface area contributed by atoms with E-state index in [1.807, 2.05) is 17.8 Å². The van der Waals surface area contributed by atoms with Crippen molar-refractivity contribution in [3.8, 4) is 0 Å². The first-order valence-corrected chi connectivity index (χ1v) is 9.31. The smallest absolute Gasteiger partial charge is 0.319 e. The van der Waals surface area contributed by atoms with Crippen LogP contribution in [0.15, 0.2) is 23.1 Å². The quantitative estimate of drug-likeness (QED) is 0.719. The number of hydrogen-bond donors (Lipinski definition) is 2. The fourth-order valence-electron chi connectivity index (χ4n) is 2.76. The van der Waals surface area contributed by atoms with Crippen molar-refractivity contribution in [3.05, 3.63) is 23.8 Å². The summed E-state index contributed by atoms with van der Waals surface area (Å²) in [5.41, 5.74) is 2.02. The molecule has 2 amide bonds. The molecule has 122 valence electrons. The summed E-state index contributed by atoms with van der Waals surface area (Å²) in [6, 6.07) is 6.54. The Morgan fingerprint density at radius 1 is 1.32 bits per heavy atom. The van der Waals surface area contributed by atoms with E-state index in [1.54, 1.807) is 0 Å². The molecule has 0 spiro atoms. The van der Waals surface area contributed by atoms with Gasteiger partial charge in [0, 0.05) is 21.9 Å². The normalized spacial score (nSPS) is 17.0. The summed E-state index contributed by atoms with van der Waals surface area (Å²) in [6.07, 6.45) is 7.13. The SMILES string of the molecule is CCC(C)Sc1ccc(NC(=O)NC2CCCCC2)c(C)c1. The van der Waals surface area contributed by atoms with Gasteiger partial charge in [-0.05, 0) is 49.9 Å². The number of amides is 2. The molecule has 1 unspecified atom stereocenters. The molecule has 1 aromatic carbocycles. The summed E-state index contributed by atoms with van der Waals surface area (Å²) in [6.45, 7) is 6.50. The Hall–Kier alpha value is -1.16. The average molecular weight is 321 g/mol. The minimum Gasteiger partial charge on any atom is -0.335 e. The second-order valence-corrected chi connectivity index (χ2v) is 7.76. The van der Waals surface area contributed by atoms with Crippen molar-refractivity contribution in [1.29, 1.82) is 0 Å². The number of anilines is 1. The lowest BCUT2D eigenvalue weighted by molar-refractivity contribution is 0.244. The molecule has 1 aliphatic carbocycles. The van der Waals surface area contributed by atoms with Crippen LogP contribution in [0.25, 0.3) is 0 Å². The summed E-state index contributed by atoms with van der Waals surface area (Å²) >= 11 is 1.89. The Morgan fingerprint density at radius 3 is 2.68 bits per heavy atom. The number of nitrogens with one attached hydrogen (secondary N) is 2. The van der Waals surface area contributed by atoms with Crippen LogP contribution in [-0.4, -0.2) is 17.3 Å². The minimum atomic E-state index is -0.0719. The second kappa shape index (κ2) is 8.47. The van der Waals surface area contributed by atoms with Crippen molar-refractivity contribution < 1.29 is 4.79 Å². The van der Waals surface area contributed by atoms with Gasteiger partial charge < -0.3 is 10.6 Å². The van der Waals surface area contributed by atoms with E-state index in [0.29, 0.717) is 11.3 Å². The molecule has 4 heteroatoms. The summed E-state index contributed by atoms with van der Waals surface area (Å²) in [4.78, 5) is 13.4. The maximum atomic E-state index is 12.1. The van der Waals surface area contributed by atoms with E-state index in [0.717, 1.165) is 30.5 Å². The minimum absolute atomic E-state index is 0.0719. The number of benzene rings is 1. The number of carbonyl (C=O) groups is 1. The van der Waals surface area contributed by atoms with Crippen LogP contribution in [0.1, 0.15) is 57.9 Å². The summed E-state index contributed by atoms with van der Waals surface area (Å²) in [5, 5.41) is 6.71. The lowest BCUT2D eigenvalue weighted by Crippen LogP contribution is -2.39. The van der Waals surface area contributed by atoms with E-state index in [9.17, 15) is 4.79 Å². The van der Waals surface area contributed by atoms with Crippen molar-refractivity contribution in [2.24, 2.45) is 0 Å². The van der Waals surface area contributed by atoms with Gasteiger partial charge in [0.15, 0.2) is 0 Å². The van der Waals surface area contributed by atoms with Gasteiger partial charge >= 0.3 is 6.03 Å². The topological polar surface area (TPSA) is 41.1 Å². The van der Waals surface area contributed by atoms with Gasteiger partial charge in [-0.2, -0.15) is 0 Å². The van der Waals surface area contributed by atoms with E-state index < -0.39 is 0 Å². The van der Waals surface area contributed by atoms with E-state index in [2.05, 4.69) is 43.5 Å². The number of carbonyl (C=O) groups excluding carboxylic acids is 1. The highest BCUT2D eigenvalue weighted by Crippen LogP contribution is 2.28. The molecule has 1 fully saturated rings. The first kappa shape index (κ1) is 17.2. The average Bonchev–Trinajstić information content (AvgIpc) is 2.51. The predicted molar refractivity (Wildman–Crippen MR) is 95.8 cm³/mol. The Labute approximate surface area is 138 Å². The predicted octanol–water partition coefficient (Wildman–Crippen LogP) is 5.34. The van der Waals surface area contributed by atoms with Crippen LogP contribution in [0.3, 0.4) is 0 Å². The molecule has 0 aliphatic heterocycles. The molecule has 1 saturated carbocycles. The number of aryl methyl sites for hydroxylation is 1. The molecule has 1 aromatic rings. The molecule has 0 bridgehead atoms. The molecule has 2 rings (SSSR count). The third-order valence-corrected chi connectivity index (χ3v) is 5.56. The van der Waals surface area contributed by atoms with E-state index in [1.165, 1.54) is 24.2 Å². The van der Waals surface area contributed by atoms with Gasteiger partial charge in [-0.15, -0.1) is 11.8 Å². The Balaban J connectivity index is 1.90. The van der Waals surface area contributed by atoms with E-state index >= 15 is 0 Å². The third kappa shape index (κ3) is 5.24. The third-order valence-electron chi connectivity index (χ3n) is 4.30. The second-order valence-electron chi connectivity index (χ2n) is 6.25. The van der Waals surface area contributed by atoms with Crippen LogP contribution in [-0.2, 0) is 0 Å². The monoisotopic (exact) mass is 320 g/mol. The first-order valence-electron chi connectivity index (χ1n) is 8.43. The van der Waals surface area contributed by atoms with Crippen LogP contribution in [0, 0.1) is 6.92 Å². The fourth-order valence-corrected chi connectivity index (χ4v) is 3.78. The lowest BCUT2D eigenvalue weighted by atomic mass is 9.96.